The average molecular weight is 380 g/mol. The van der Waals surface area contributed by atoms with Crippen molar-refractivity contribution in [1.29, 1.82) is 0 Å². The van der Waals surface area contributed by atoms with Gasteiger partial charge in [0.15, 0.2) is 0 Å². The molecule has 144 valence electrons. The van der Waals surface area contributed by atoms with E-state index < -0.39 is 23.9 Å². The minimum Gasteiger partial charge on any atom is -0.467 e. The molecule has 3 aromatic rings. The molecule has 1 saturated heterocycles. The lowest BCUT2D eigenvalue weighted by molar-refractivity contribution is -0.132. The van der Waals surface area contributed by atoms with Gasteiger partial charge in [-0.2, -0.15) is 0 Å². The highest BCUT2D eigenvalue weighted by molar-refractivity contribution is 6.06. The second-order valence-corrected chi connectivity index (χ2v) is 6.79. The molecule has 0 radical (unpaired) electrons. The molecule has 0 aliphatic carbocycles. The molecule has 3 heterocycles. The summed E-state index contributed by atoms with van der Waals surface area (Å²) < 4.78 is 5.24. The molecule has 28 heavy (non-hydrogen) atoms. The number of nitrogens with zero attached hydrogens (tertiary/aromatic N) is 1. The van der Waals surface area contributed by atoms with E-state index in [2.05, 4.69) is 15.6 Å². The van der Waals surface area contributed by atoms with E-state index in [4.69, 9.17) is 4.42 Å². The highest BCUT2D eigenvalue weighted by Gasteiger charge is 2.39. The van der Waals surface area contributed by atoms with E-state index >= 15 is 0 Å². The smallest absolute Gasteiger partial charge is 0.325 e. The third-order valence-corrected chi connectivity index (χ3v) is 4.86. The molecular weight excluding hydrogens is 360 g/mol. The number of para-hydroxylation sites is 1. The molecule has 1 aromatic carbocycles. The Labute approximate surface area is 160 Å². The topological polar surface area (TPSA) is 107 Å². The number of benzene rings is 1. The first-order valence-corrected chi connectivity index (χ1v) is 9.02. The average Bonchev–Trinajstić information content (AvgIpc) is 3.40. The third-order valence-electron chi connectivity index (χ3n) is 4.86. The van der Waals surface area contributed by atoms with Crippen LogP contribution in [0.15, 0.2) is 53.3 Å². The van der Waals surface area contributed by atoms with Crippen LogP contribution in [0, 0.1) is 0 Å². The van der Waals surface area contributed by atoms with Gasteiger partial charge in [0.05, 0.1) is 12.3 Å². The molecule has 8 heteroatoms. The van der Waals surface area contributed by atoms with Crippen molar-refractivity contribution in [3.05, 3.63) is 60.2 Å². The van der Waals surface area contributed by atoms with Gasteiger partial charge in [0.1, 0.15) is 18.3 Å². The predicted octanol–water partition coefficient (Wildman–Crippen LogP) is 2.10. The second kappa shape index (κ2) is 7.22. The van der Waals surface area contributed by atoms with Gasteiger partial charge in [0.2, 0.25) is 5.91 Å². The van der Waals surface area contributed by atoms with E-state index in [-0.39, 0.29) is 12.6 Å². The Kier molecular flexibility index (Phi) is 4.60. The third kappa shape index (κ3) is 3.36. The van der Waals surface area contributed by atoms with E-state index in [1.54, 1.807) is 19.1 Å². The van der Waals surface area contributed by atoms with Crippen LogP contribution in [0.25, 0.3) is 10.9 Å². The molecule has 8 nitrogen and oxygen atoms in total. The summed E-state index contributed by atoms with van der Waals surface area (Å²) in [5.74, 6) is -0.237. The largest absolute Gasteiger partial charge is 0.467 e. The van der Waals surface area contributed by atoms with Crippen LogP contribution in [-0.4, -0.2) is 40.3 Å². The summed E-state index contributed by atoms with van der Waals surface area (Å²) in [5.41, 5.74) is 1.91. The van der Waals surface area contributed by atoms with Crippen LogP contribution in [0.2, 0.25) is 0 Å². The lowest BCUT2D eigenvalue weighted by atomic mass is 10.1. The SMILES string of the molecule is C[C@@H](NC(=O)CN1C(=O)N[C@H](Cc2c[nH]c3ccccc23)C1=O)c1ccco1. The standard InChI is InChI=1S/C20H20N4O4/c1-12(17-7-4-8-28-17)22-18(25)11-24-19(26)16(23-20(24)27)9-13-10-21-15-6-3-2-5-14(13)15/h2-8,10,12,16,21H,9,11H2,1H3,(H,22,25)(H,23,27)/t12-,16-/m1/s1. The fourth-order valence-electron chi connectivity index (χ4n) is 3.42. The summed E-state index contributed by atoms with van der Waals surface area (Å²) >= 11 is 0. The van der Waals surface area contributed by atoms with Gasteiger partial charge >= 0.3 is 6.03 Å². The van der Waals surface area contributed by atoms with Crippen molar-refractivity contribution in [1.82, 2.24) is 20.5 Å². The summed E-state index contributed by atoms with van der Waals surface area (Å²) in [6.45, 7) is 1.43. The zero-order valence-electron chi connectivity index (χ0n) is 15.3. The lowest BCUT2D eigenvalue weighted by Crippen LogP contribution is -2.41. The van der Waals surface area contributed by atoms with E-state index in [0.717, 1.165) is 21.4 Å². The number of fused-ring (bicyclic) bond motifs is 1. The number of carbonyl (C=O) groups is 3. The van der Waals surface area contributed by atoms with Crippen LogP contribution in [0.3, 0.4) is 0 Å². The normalized spacial score (nSPS) is 17.8. The first-order chi connectivity index (χ1) is 13.5. The number of urea groups is 1. The van der Waals surface area contributed by atoms with Crippen molar-refractivity contribution in [2.24, 2.45) is 0 Å². The predicted molar refractivity (Wildman–Crippen MR) is 101 cm³/mol. The van der Waals surface area contributed by atoms with Crippen LogP contribution in [0.5, 0.6) is 0 Å². The molecule has 0 saturated carbocycles. The second-order valence-electron chi connectivity index (χ2n) is 6.79. The monoisotopic (exact) mass is 380 g/mol. The maximum atomic E-state index is 12.7. The van der Waals surface area contributed by atoms with E-state index in [1.807, 2.05) is 30.5 Å². The fourth-order valence-corrected chi connectivity index (χ4v) is 3.42. The minimum atomic E-state index is -0.693. The number of hydrogen-bond donors (Lipinski definition) is 3. The van der Waals surface area contributed by atoms with Crippen molar-refractivity contribution in [3.63, 3.8) is 0 Å². The molecule has 1 aliphatic rings. The summed E-state index contributed by atoms with van der Waals surface area (Å²) in [4.78, 5) is 41.3. The Hall–Kier alpha value is -3.55. The van der Waals surface area contributed by atoms with E-state index in [1.165, 1.54) is 6.26 Å². The molecule has 0 unspecified atom stereocenters. The fraction of sp³-hybridized carbons (Fsp3) is 0.250. The minimum absolute atomic E-state index is 0.333. The quantitative estimate of drug-likeness (QED) is 0.569. The highest BCUT2D eigenvalue weighted by atomic mass is 16.3. The number of imide groups is 1. The summed E-state index contributed by atoms with van der Waals surface area (Å²) in [7, 11) is 0. The number of aromatic amines is 1. The maximum absolute atomic E-state index is 12.7. The first-order valence-electron chi connectivity index (χ1n) is 9.02. The van der Waals surface area contributed by atoms with Crippen LogP contribution in [-0.2, 0) is 16.0 Å². The summed E-state index contributed by atoms with van der Waals surface area (Å²) in [5, 5.41) is 6.40. The Morgan fingerprint density at radius 3 is 2.86 bits per heavy atom. The number of H-pyrrole nitrogens is 1. The first kappa shape index (κ1) is 17.8. The molecule has 1 aliphatic heterocycles. The van der Waals surface area contributed by atoms with Gasteiger partial charge in [-0.05, 0) is 30.7 Å². The van der Waals surface area contributed by atoms with Crippen molar-refractivity contribution < 1.29 is 18.8 Å². The summed E-state index contributed by atoms with van der Waals surface area (Å²) in [6, 6.07) is 9.62. The van der Waals surface area contributed by atoms with Gasteiger partial charge in [0, 0.05) is 23.5 Å². The molecule has 2 aromatic heterocycles. The highest BCUT2D eigenvalue weighted by Crippen LogP contribution is 2.21. The van der Waals surface area contributed by atoms with Gasteiger partial charge in [-0.25, -0.2) is 4.79 Å². The zero-order chi connectivity index (χ0) is 19.7. The van der Waals surface area contributed by atoms with Crippen molar-refractivity contribution >= 4 is 28.7 Å². The number of nitrogens with one attached hydrogen (secondary N) is 3. The Bertz CT molecular complexity index is 1020. The molecule has 3 N–H and O–H groups in total. The van der Waals surface area contributed by atoms with Crippen LogP contribution in [0.4, 0.5) is 4.79 Å². The molecule has 0 bridgehead atoms. The number of amides is 4. The van der Waals surface area contributed by atoms with E-state index in [9.17, 15) is 14.4 Å². The maximum Gasteiger partial charge on any atom is 0.325 e. The van der Waals surface area contributed by atoms with Crippen molar-refractivity contribution in [2.45, 2.75) is 25.4 Å². The van der Waals surface area contributed by atoms with Crippen LogP contribution in [0.1, 0.15) is 24.3 Å². The molecule has 0 spiro atoms. The molecule has 1 fully saturated rings. The number of furan rings is 1. The summed E-state index contributed by atoms with van der Waals surface area (Å²) in [6.07, 6.45) is 3.71. The Morgan fingerprint density at radius 2 is 2.07 bits per heavy atom. The lowest BCUT2D eigenvalue weighted by Gasteiger charge is -2.15. The number of rotatable bonds is 6. The Balaban J connectivity index is 1.40. The van der Waals surface area contributed by atoms with Crippen LogP contribution < -0.4 is 10.6 Å². The number of aromatic nitrogens is 1. The molecule has 4 rings (SSSR count). The molecule has 4 amide bonds. The van der Waals surface area contributed by atoms with Gasteiger partial charge in [-0.3, -0.25) is 14.5 Å². The van der Waals surface area contributed by atoms with Crippen molar-refractivity contribution in [3.8, 4) is 0 Å². The van der Waals surface area contributed by atoms with Gasteiger partial charge < -0.3 is 20.0 Å². The molecule has 2 atom stereocenters. The number of carbonyl (C=O) groups excluding carboxylic acids is 3. The van der Waals surface area contributed by atoms with E-state index in [0.29, 0.717) is 12.2 Å². The molecular formula is C20H20N4O4. The van der Waals surface area contributed by atoms with Crippen LogP contribution >= 0.6 is 0 Å². The van der Waals surface area contributed by atoms with Crippen molar-refractivity contribution in [2.75, 3.05) is 6.54 Å². The van der Waals surface area contributed by atoms with Gasteiger partial charge in [-0.15, -0.1) is 0 Å². The van der Waals surface area contributed by atoms with Gasteiger partial charge in [-0.1, -0.05) is 18.2 Å². The number of hydrogen-bond acceptors (Lipinski definition) is 4. The zero-order valence-corrected chi connectivity index (χ0v) is 15.3. The van der Waals surface area contributed by atoms with Gasteiger partial charge in [0.25, 0.3) is 5.91 Å². The Morgan fingerprint density at radius 1 is 1.25 bits per heavy atom.